The smallest absolute Gasteiger partial charge is 0.231 e. The van der Waals surface area contributed by atoms with Gasteiger partial charge in [-0.2, -0.15) is 0 Å². The van der Waals surface area contributed by atoms with Crippen molar-refractivity contribution in [1.82, 2.24) is 5.32 Å². The quantitative estimate of drug-likeness (QED) is 0.323. The third-order valence-electron chi connectivity index (χ3n) is 2.48. The Bertz CT molecular complexity index is 434. The number of halogens is 1. The second kappa shape index (κ2) is 7.38. The van der Waals surface area contributed by atoms with Crippen molar-refractivity contribution in [2.45, 2.75) is 26.3 Å². The van der Waals surface area contributed by atoms with Gasteiger partial charge in [-0.15, -0.1) is 11.3 Å². The largest absolute Gasteiger partial charge is 0.409 e. The third kappa shape index (κ3) is 3.99. The number of hydrogen-bond acceptors (Lipinski definition) is 4. The minimum absolute atomic E-state index is 0.0420. The predicted octanol–water partition coefficient (Wildman–Crippen LogP) is 2.29. The molecule has 0 fully saturated rings. The van der Waals surface area contributed by atoms with Gasteiger partial charge in [0, 0.05) is 9.35 Å². The molecule has 0 saturated heterocycles. The van der Waals surface area contributed by atoms with E-state index in [0.717, 1.165) is 15.8 Å². The van der Waals surface area contributed by atoms with E-state index >= 15 is 0 Å². The van der Waals surface area contributed by atoms with Crippen molar-refractivity contribution >= 4 is 39.0 Å². The van der Waals surface area contributed by atoms with E-state index in [4.69, 9.17) is 10.9 Å². The fourth-order valence-corrected chi connectivity index (χ4v) is 2.95. The van der Waals surface area contributed by atoms with Crippen LogP contribution >= 0.6 is 27.3 Å². The zero-order valence-electron chi connectivity index (χ0n) is 10.0. The van der Waals surface area contributed by atoms with Gasteiger partial charge in [-0.05, 0) is 33.8 Å². The summed E-state index contributed by atoms with van der Waals surface area (Å²) in [6.07, 6.45) is 1.35. The highest BCUT2D eigenvalue weighted by Crippen LogP contribution is 2.22. The summed E-state index contributed by atoms with van der Waals surface area (Å²) in [4.78, 5) is 13.0. The van der Waals surface area contributed by atoms with Gasteiger partial charge in [0.15, 0.2) is 5.84 Å². The fourth-order valence-electron chi connectivity index (χ4n) is 1.51. The SMILES string of the molecule is CCCC(C(=O)NCc1sccc1Br)C(N)=NO. The van der Waals surface area contributed by atoms with Crippen LogP contribution in [0.25, 0.3) is 0 Å². The van der Waals surface area contributed by atoms with E-state index in [2.05, 4.69) is 26.4 Å². The molecule has 1 aromatic heterocycles. The van der Waals surface area contributed by atoms with Crippen LogP contribution < -0.4 is 11.1 Å². The lowest BCUT2D eigenvalue weighted by Crippen LogP contribution is -2.38. The van der Waals surface area contributed by atoms with Gasteiger partial charge in [0.1, 0.15) is 0 Å². The fraction of sp³-hybridized carbons (Fsp3) is 0.455. The van der Waals surface area contributed by atoms with E-state index in [9.17, 15) is 4.79 Å². The van der Waals surface area contributed by atoms with Crippen LogP contribution in [0.2, 0.25) is 0 Å². The highest BCUT2D eigenvalue weighted by atomic mass is 79.9. The molecular formula is C11H16BrN3O2S. The summed E-state index contributed by atoms with van der Waals surface area (Å²) in [7, 11) is 0. The Kier molecular flexibility index (Phi) is 6.14. The first kappa shape index (κ1) is 15.0. The highest BCUT2D eigenvalue weighted by molar-refractivity contribution is 9.10. The summed E-state index contributed by atoms with van der Waals surface area (Å²) >= 11 is 4.96. The lowest BCUT2D eigenvalue weighted by molar-refractivity contribution is -0.123. The van der Waals surface area contributed by atoms with Crippen LogP contribution in [0, 0.1) is 5.92 Å². The predicted molar refractivity (Wildman–Crippen MR) is 75.7 cm³/mol. The number of nitrogens with one attached hydrogen (secondary N) is 1. The molecule has 7 heteroatoms. The van der Waals surface area contributed by atoms with Gasteiger partial charge >= 0.3 is 0 Å². The van der Waals surface area contributed by atoms with Crippen molar-refractivity contribution in [2.75, 3.05) is 0 Å². The first-order valence-corrected chi connectivity index (χ1v) is 7.24. The van der Waals surface area contributed by atoms with Gasteiger partial charge < -0.3 is 16.3 Å². The average molecular weight is 334 g/mol. The van der Waals surface area contributed by atoms with Crippen LogP contribution in [0.4, 0.5) is 0 Å². The van der Waals surface area contributed by atoms with E-state index in [-0.39, 0.29) is 11.7 Å². The van der Waals surface area contributed by atoms with Crippen molar-refractivity contribution in [3.8, 4) is 0 Å². The monoisotopic (exact) mass is 333 g/mol. The number of amidine groups is 1. The van der Waals surface area contributed by atoms with Crippen LogP contribution in [-0.4, -0.2) is 17.0 Å². The molecule has 100 valence electrons. The number of nitrogens with zero attached hydrogens (tertiary/aromatic N) is 1. The van der Waals surface area contributed by atoms with E-state index in [1.165, 1.54) is 0 Å². The lowest BCUT2D eigenvalue weighted by Gasteiger charge is -2.14. The normalized spacial score (nSPS) is 13.3. The Morgan fingerprint density at radius 1 is 1.72 bits per heavy atom. The van der Waals surface area contributed by atoms with Crippen LogP contribution in [-0.2, 0) is 11.3 Å². The first-order chi connectivity index (χ1) is 8.60. The van der Waals surface area contributed by atoms with Gasteiger partial charge in [0.2, 0.25) is 5.91 Å². The van der Waals surface area contributed by atoms with Gasteiger partial charge in [0.25, 0.3) is 0 Å². The second-order valence-electron chi connectivity index (χ2n) is 3.78. The molecule has 0 aliphatic carbocycles. The zero-order valence-corrected chi connectivity index (χ0v) is 12.4. The summed E-state index contributed by atoms with van der Waals surface area (Å²) in [5.41, 5.74) is 5.52. The summed E-state index contributed by atoms with van der Waals surface area (Å²) < 4.78 is 0.976. The number of nitrogens with two attached hydrogens (primary N) is 1. The minimum Gasteiger partial charge on any atom is -0.409 e. The first-order valence-electron chi connectivity index (χ1n) is 5.57. The Balaban J connectivity index is 2.60. The lowest BCUT2D eigenvalue weighted by atomic mass is 10.0. The topological polar surface area (TPSA) is 87.7 Å². The molecule has 0 saturated carbocycles. The molecule has 1 rings (SSSR count). The van der Waals surface area contributed by atoms with E-state index in [1.54, 1.807) is 11.3 Å². The summed E-state index contributed by atoms with van der Waals surface area (Å²) in [6.45, 7) is 2.39. The van der Waals surface area contributed by atoms with Crippen LogP contribution in [0.1, 0.15) is 24.6 Å². The highest BCUT2D eigenvalue weighted by Gasteiger charge is 2.22. The number of oxime groups is 1. The van der Waals surface area contributed by atoms with Crippen molar-refractivity contribution < 1.29 is 10.0 Å². The molecule has 0 bridgehead atoms. The van der Waals surface area contributed by atoms with E-state index in [1.807, 2.05) is 18.4 Å². The number of hydrogen-bond donors (Lipinski definition) is 3. The molecule has 1 unspecified atom stereocenters. The molecule has 5 nitrogen and oxygen atoms in total. The molecule has 0 aliphatic heterocycles. The number of amides is 1. The van der Waals surface area contributed by atoms with Gasteiger partial charge in [-0.25, -0.2) is 0 Å². The van der Waals surface area contributed by atoms with Crippen LogP contribution in [0.3, 0.4) is 0 Å². The molecule has 1 amide bonds. The number of carbonyl (C=O) groups excluding carboxylic acids is 1. The Labute approximate surface area is 118 Å². The minimum atomic E-state index is -0.571. The molecule has 0 spiro atoms. The van der Waals surface area contributed by atoms with Gasteiger partial charge in [-0.1, -0.05) is 18.5 Å². The molecule has 0 aromatic carbocycles. The Hall–Kier alpha value is -1.08. The molecule has 18 heavy (non-hydrogen) atoms. The third-order valence-corrected chi connectivity index (χ3v) is 4.41. The zero-order chi connectivity index (χ0) is 13.5. The molecule has 4 N–H and O–H groups in total. The van der Waals surface area contributed by atoms with Crippen molar-refractivity contribution in [3.63, 3.8) is 0 Å². The summed E-state index contributed by atoms with van der Waals surface area (Å²) in [5, 5.41) is 16.3. The second-order valence-corrected chi connectivity index (χ2v) is 5.63. The van der Waals surface area contributed by atoms with Crippen molar-refractivity contribution in [1.29, 1.82) is 0 Å². The average Bonchev–Trinajstić information content (AvgIpc) is 2.77. The maximum absolute atomic E-state index is 11.9. The number of carbonyl (C=O) groups is 1. The molecule has 0 radical (unpaired) electrons. The molecule has 0 aliphatic rings. The molecular weight excluding hydrogens is 318 g/mol. The number of rotatable bonds is 6. The maximum atomic E-state index is 11.9. The molecule has 1 atom stereocenters. The summed E-state index contributed by atoms with van der Waals surface area (Å²) in [5.74, 6) is -0.828. The molecule has 1 aromatic rings. The van der Waals surface area contributed by atoms with Gasteiger partial charge in [0.05, 0.1) is 12.5 Å². The van der Waals surface area contributed by atoms with E-state index in [0.29, 0.717) is 13.0 Å². The Morgan fingerprint density at radius 3 is 2.94 bits per heavy atom. The van der Waals surface area contributed by atoms with Crippen LogP contribution in [0.15, 0.2) is 21.1 Å². The summed E-state index contributed by atoms with van der Waals surface area (Å²) in [6, 6.07) is 1.93. The molecule has 1 heterocycles. The van der Waals surface area contributed by atoms with Crippen molar-refractivity contribution in [3.05, 3.63) is 20.8 Å². The maximum Gasteiger partial charge on any atom is 0.231 e. The number of thiophene rings is 1. The Morgan fingerprint density at radius 2 is 2.44 bits per heavy atom. The van der Waals surface area contributed by atoms with Gasteiger partial charge in [-0.3, -0.25) is 4.79 Å². The van der Waals surface area contributed by atoms with Crippen molar-refractivity contribution in [2.24, 2.45) is 16.8 Å². The standard InChI is InChI=1S/C11H16BrN3O2S/c1-2-3-7(10(13)15-17)11(16)14-6-9-8(12)4-5-18-9/h4-5,7,17H,2-3,6H2,1H3,(H2,13,15)(H,14,16). The van der Waals surface area contributed by atoms with E-state index < -0.39 is 5.92 Å². The van der Waals surface area contributed by atoms with Crippen LogP contribution in [0.5, 0.6) is 0 Å².